The van der Waals surface area contributed by atoms with Crippen molar-refractivity contribution < 1.29 is 13.2 Å². The number of hydrogen-bond acceptors (Lipinski definition) is 3. The fraction of sp³-hybridized carbons (Fsp3) is 0.500. The zero-order valence-electron chi connectivity index (χ0n) is 10.9. The van der Waals surface area contributed by atoms with Crippen molar-refractivity contribution in [2.45, 2.75) is 31.1 Å². The zero-order valence-corrected chi connectivity index (χ0v) is 11.7. The molecule has 2 atom stereocenters. The van der Waals surface area contributed by atoms with Gasteiger partial charge in [-0.25, -0.2) is 8.42 Å². The van der Waals surface area contributed by atoms with Crippen LogP contribution in [-0.2, 0) is 21.1 Å². The third-order valence-electron chi connectivity index (χ3n) is 4.23. The summed E-state index contributed by atoms with van der Waals surface area (Å²) in [5, 5.41) is -0.321. The highest BCUT2D eigenvalue weighted by Gasteiger charge is 2.49. The Bertz CT molecular complexity index is 623. The van der Waals surface area contributed by atoms with E-state index in [0.29, 0.717) is 19.4 Å². The lowest BCUT2D eigenvalue weighted by atomic mass is 10.1. The fourth-order valence-corrected chi connectivity index (χ4v) is 5.10. The molecule has 2 aliphatic rings. The number of amides is 1. The first-order valence-corrected chi connectivity index (χ1v) is 8.24. The number of hydrogen-bond donors (Lipinski definition) is 0. The maximum Gasteiger partial charge on any atom is 0.227 e. The molecule has 1 aromatic rings. The second-order valence-electron chi connectivity index (χ2n) is 5.49. The Hall–Kier alpha value is -1.36. The van der Waals surface area contributed by atoms with Crippen molar-refractivity contribution in [1.82, 2.24) is 4.90 Å². The van der Waals surface area contributed by atoms with Crippen molar-refractivity contribution in [1.29, 1.82) is 0 Å². The van der Waals surface area contributed by atoms with Gasteiger partial charge in [-0.15, -0.1) is 0 Å². The number of sulfone groups is 1. The summed E-state index contributed by atoms with van der Waals surface area (Å²) in [5.74, 6) is 0.202. The van der Waals surface area contributed by atoms with Crippen LogP contribution in [0.1, 0.15) is 17.5 Å². The summed E-state index contributed by atoms with van der Waals surface area (Å²) < 4.78 is 23.3. The number of nitrogens with zero attached hydrogens (tertiary/aromatic N) is 1. The molecule has 2 heterocycles. The van der Waals surface area contributed by atoms with E-state index in [-0.39, 0.29) is 23.0 Å². The van der Waals surface area contributed by atoms with Gasteiger partial charge in [0.2, 0.25) is 5.91 Å². The van der Waals surface area contributed by atoms with Gasteiger partial charge in [-0.05, 0) is 24.5 Å². The summed E-state index contributed by atoms with van der Waals surface area (Å²) in [6, 6.07) is 7.73. The second kappa shape index (κ2) is 4.34. The normalized spacial score (nSPS) is 27.7. The lowest BCUT2D eigenvalue weighted by Gasteiger charge is -2.27. The van der Waals surface area contributed by atoms with Crippen LogP contribution >= 0.6 is 0 Å². The summed E-state index contributed by atoms with van der Waals surface area (Å²) in [5.41, 5.74) is 2.13. The van der Waals surface area contributed by atoms with E-state index in [1.807, 2.05) is 31.2 Å². The molecule has 3 rings (SSSR count). The minimum Gasteiger partial charge on any atom is -0.337 e. The number of aryl methyl sites for hydroxylation is 1. The minimum atomic E-state index is -2.93. The van der Waals surface area contributed by atoms with Gasteiger partial charge >= 0.3 is 0 Å². The summed E-state index contributed by atoms with van der Waals surface area (Å²) in [6.07, 6.45) is 0.998. The maximum absolute atomic E-state index is 12.3. The minimum absolute atomic E-state index is 0.0525. The molecule has 0 saturated carbocycles. The summed E-state index contributed by atoms with van der Waals surface area (Å²) in [6.45, 7) is 2.38. The van der Waals surface area contributed by atoms with Crippen LogP contribution in [0.2, 0.25) is 0 Å². The Morgan fingerprint density at radius 2 is 2.11 bits per heavy atom. The molecule has 2 fully saturated rings. The number of rotatable bonds is 2. The van der Waals surface area contributed by atoms with Gasteiger partial charge in [-0.3, -0.25) is 4.79 Å². The van der Waals surface area contributed by atoms with Gasteiger partial charge in [0.05, 0.1) is 17.4 Å². The molecule has 2 bridgehead atoms. The molecule has 0 radical (unpaired) electrons. The van der Waals surface area contributed by atoms with E-state index in [1.165, 1.54) is 0 Å². The number of benzene rings is 1. The van der Waals surface area contributed by atoms with Crippen LogP contribution < -0.4 is 0 Å². The van der Waals surface area contributed by atoms with Gasteiger partial charge in [-0.1, -0.05) is 24.3 Å². The van der Waals surface area contributed by atoms with Gasteiger partial charge in [0.25, 0.3) is 0 Å². The molecule has 2 aliphatic heterocycles. The van der Waals surface area contributed by atoms with Gasteiger partial charge < -0.3 is 4.90 Å². The van der Waals surface area contributed by atoms with E-state index < -0.39 is 9.84 Å². The van der Waals surface area contributed by atoms with E-state index >= 15 is 0 Å². The van der Waals surface area contributed by atoms with E-state index in [0.717, 1.165) is 11.1 Å². The Kier molecular flexibility index (Phi) is 2.89. The molecule has 0 N–H and O–H groups in total. The maximum atomic E-state index is 12.3. The highest BCUT2D eigenvalue weighted by Crippen LogP contribution is 2.33. The molecular weight excluding hydrogens is 262 g/mol. The van der Waals surface area contributed by atoms with E-state index in [2.05, 4.69) is 0 Å². The molecule has 4 nitrogen and oxygen atoms in total. The van der Waals surface area contributed by atoms with Gasteiger partial charge in [-0.2, -0.15) is 0 Å². The summed E-state index contributed by atoms with van der Waals surface area (Å²) in [7, 11) is -2.93. The highest BCUT2D eigenvalue weighted by atomic mass is 32.2. The van der Waals surface area contributed by atoms with Gasteiger partial charge in [0.15, 0.2) is 9.84 Å². The average Bonchev–Trinajstić information content (AvgIpc) is 2.87. The Labute approximate surface area is 113 Å². The molecule has 102 valence electrons. The van der Waals surface area contributed by atoms with Crippen LogP contribution in [0, 0.1) is 6.92 Å². The van der Waals surface area contributed by atoms with Gasteiger partial charge in [0, 0.05) is 12.6 Å². The third-order valence-corrected chi connectivity index (χ3v) is 6.44. The average molecular weight is 279 g/mol. The van der Waals surface area contributed by atoms with E-state index in [4.69, 9.17) is 0 Å². The highest BCUT2D eigenvalue weighted by molar-refractivity contribution is 7.92. The summed E-state index contributed by atoms with van der Waals surface area (Å²) >= 11 is 0. The predicted octanol–water partition coefficient (Wildman–Crippen LogP) is 0.935. The summed E-state index contributed by atoms with van der Waals surface area (Å²) in [4.78, 5) is 14.1. The number of likely N-dealkylation sites (tertiary alicyclic amines) is 1. The van der Waals surface area contributed by atoms with Crippen LogP contribution in [0.25, 0.3) is 0 Å². The van der Waals surface area contributed by atoms with Crippen LogP contribution in [0.5, 0.6) is 0 Å². The molecular formula is C14H17NO3S. The molecule has 5 heteroatoms. The number of carbonyl (C=O) groups is 1. The lowest BCUT2D eigenvalue weighted by molar-refractivity contribution is -0.131. The number of carbonyl (C=O) groups excluding carboxylic acids is 1. The lowest BCUT2D eigenvalue weighted by Crippen LogP contribution is -2.44. The smallest absolute Gasteiger partial charge is 0.227 e. The first-order chi connectivity index (χ1) is 8.97. The Morgan fingerprint density at radius 3 is 2.68 bits per heavy atom. The van der Waals surface area contributed by atoms with Crippen LogP contribution in [0.3, 0.4) is 0 Å². The van der Waals surface area contributed by atoms with E-state index in [9.17, 15) is 13.2 Å². The first-order valence-electron chi connectivity index (χ1n) is 6.53. The molecule has 0 spiro atoms. The van der Waals surface area contributed by atoms with Crippen LogP contribution in [0.15, 0.2) is 24.3 Å². The first kappa shape index (κ1) is 12.7. The predicted molar refractivity (Wildman–Crippen MR) is 72.6 cm³/mol. The molecule has 1 amide bonds. The van der Waals surface area contributed by atoms with E-state index in [1.54, 1.807) is 4.90 Å². The SMILES string of the molecule is Cc1ccccc1CC(=O)N1CC2CC1CS2(=O)=O. The molecule has 0 aromatic heterocycles. The van der Waals surface area contributed by atoms with Crippen molar-refractivity contribution in [2.75, 3.05) is 12.3 Å². The topological polar surface area (TPSA) is 54.5 Å². The molecule has 0 aliphatic carbocycles. The fourth-order valence-electron chi connectivity index (χ4n) is 3.07. The zero-order chi connectivity index (χ0) is 13.6. The van der Waals surface area contributed by atoms with Crippen molar-refractivity contribution >= 4 is 15.7 Å². The quantitative estimate of drug-likeness (QED) is 0.809. The molecule has 19 heavy (non-hydrogen) atoms. The third kappa shape index (κ3) is 2.16. The van der Waals surface area contributed by atoms with Gasteiger partial charge in [0.1, 0.15) is 0 Å². The van der Waals surface area contributed by atoms with Crippen LogP contribution in [-0.4, -0.2) is 42.8 Å². The Morgan fingerprint density at radius 1 is 1.37 bits per heavy atom. The van der Waals surface area contributed by atoms with Crippen molar-refractivity contribution in [3.63, 3.8) is 0 Å². The van der Waals surface area contributed by atoms with Crippen LogP contribution in [0.4, 0.5) is 0 Å². The number of fused-ring (bicyclic) bond motifs is 2. The standard InChI is InChI=1S/C14H17NO3S/c1-10-4-2-3-5-11(10)6-14(16)15-8-13-7-12(15)9-19(13,17)18/h2-5,12-13H,6-9H2,1H3. The largest absolute Gasteiger partial charge is 0.337 e. The molecule has 1 aromatic carbocycles. The molecule has 2 saturated heterocycles. The monoisotopic (exact) mass is 279 g/mol. The second-order valence-corrected chi connectivity index (χ2v) is 7.82. The van der Waals surface area contributed by atoms with Crippen molar-refractivity contribution in [2.24, 2.45) is 0 Å². The Balaban J connectivity index is 1.73. The molecule has 2 unspecified atom stereocenters. The van der Waals surface area contributed by atoms with Crippen molar-refractivity contribution in [3.05, 3.63) is 35.4 Å². The van der Waals surface area contributed by atoms with Crippen molar-refractivity contribution in [3.8, 4) is 0 Å².